The highest BCUT2D eigenvalue weighted by Gasteiger charge is 2.22. The minimum Gasteiger partial charge on any atom is -0.330 e. The highest BCUT2D eigenvalue weighted by atomic mass is 14.9. The third kappa shape index (κ3) is 3.25. The molecule has 1 saturated carbocycles. The second-order valence-corrected chi connectivity index (χ2v) is 5.35. The Hall–Kier alpha value is -0.960. The molecule has 0 aromatic carbocycles. The van der Waals surface area contributed by atoms with Gasteiger partial charge in [0.05, 0.1) is 0 Å². The third-order valence-corrected chi connectivity index (χ3v) is 3.71. The first-order valence-corrected chi connectivity index (χ1v) is 6.73. The summed E-state index contributed by atoms with van der Waals surface area (Å²) < 4.78 is 0. The van der Waals surface area contributed by atoms with E-state index < -0.39 is 0 Å². The topological polar surface area (TPSA) is 51.8 Å². The van der Waals surface area contributed by atoms with Gasteiger partial charge < -0.3 is 5.73 Å². The zero-order chi connectivity index (χ0) is 12.3. The average Bonchev–Trinajstić information content (AvgIpc) is 2.29. The Morgan fingerprint density at radius 3 is 2.59 bits per heavy atom. The lowest BCUT2D eigenvalue weighted by Gasteiger charge is -2.25. The zero-order valence-corrected chi connectivity index (χ0v) is 10.9. The summed E-state index contributed by atoms with van der Waals surface area (Å²) in [6.45, 7) is 5.06. The van der Waals surface area contributed by atoms with Crippen LogP contribution in [0.1, 0.15) is 55.7 Å². The van der Waals surface area contributed by atoms with Crippen molar-refractivity contribution >= 4 is 0 Å². The first-order chi connectivity index (χ1) is 8.19. The summed E-state index contributed by atoms with van der Waals surface area (Å²) in [7, 11) is 0. The molecule has 0 unspecified atom stereocenters. The fraction of sp³-hybridized carbons (Fsp3) is 0.714. The first kappa shape index (κ1) is 12.5. The summed E-state index contributed by atoms with van der Waals surface area (Å²) in [5, 5.41) is 0. The Balaban J connectivity index is 2.14. The minimum absolute atomic E-state index is 0.572. The smallest absolute Gasteiger partial charge is 0.131 e. The van der Waals surface area contributed by atoms with Crippen LogP contribution in [-0.2, 0) is 6.42 Å². The van der Waals surface area contributed by atoms with Crippen LogP contribution in [0, 0.1) is 12.8 Å². The maximum absolute atomic E-state index is 5.60. The molecule has 1 aromatic heterocycles. The van der Waals surface area contributed by atoms with Crippen LogP contribution >= 0.6 is 0 Å². The van der Waals surface area contributed by atoms with Gasteiger partial charge in [0.2, 0.25) is 0 Å². The quantitative estimate of drug-likeness (QED) is 0.873. The predicted octanol–water partition coefficient (Wildman–Crippen LogP) is 2.58. The summed E-state index contributed by atoms with van der Waals surface area (Å²) in [5.41, 5.74) is 7.78. The fourth-order valence-corrected chi connectivity index (χ4v) is 2.64. The van der Waals surface area contributed by atoms with E-state index in [0.717, 1.165) is 29.6 Å². The van der Waals surface area contributed by atoms with E-state index in [0.29, 0.717) is 12.5 Å². The van der Waals surface area contributed by atoms with E-state index in [-0.39, 0.29) is 0 Å². The maximum Gasteiger partial charge on any atom is 0.131 e. The summed E-state index contributed by atoms with van der Waals surface area (Å²) in [4.78, 5) is 9.29. The van der Waals surface area contributed by atoms with Gasteiger partial charge in [-0.3, -0.25) is 0 Å². The molecule has 1 aliphatic rings. The molecule has 0 aliphatic heterocycles. The maximum atomic E-state index is 5.60. The van der Waals surface area contributed by atoms with E-state index in [9.17, 15) is 0 Å². The summed E-state index contributed by atoms with van der Waals surface area (Å²) in [5.74, 6) is 2.50. The highest BCUT2D eigenvalue weighted by Crippen LogP contribution is 2.33. The molecule has 3 heteroatoms. The molecule has 0 atom stereocenters. The number of nitrogens with two attached hydrogens (primary N) is 1. The number of aromatic nitrogens is 2. The van der Waals surface area contributed by atoms with Gasteiger partial charge >= 0.3 is 0 Å². The third-order valence-electron chi connectivity index (χ3n) is 3.71. The monoisotopic (exact) mass is 233 g/mol. The number of hydrogen-bond acceptors (Lipinski definition) is 3. The lowest BCUT2D eigenvalue weighted by Crippen LogP contribution is -2.15. The molecular weight excluding hydrogens is 210 g/mol. The molecular formula is C14H23N3. The van der Waals surface area contributed by atoms with Crippen molar-refractivity contribution in [1.82, 2.24) is 9.97 Å². The van der Waals surface area contributed by atoms with Gasteiger partial charge in [0.15, 0.2) is 0 Å². The summed E-state index contributed by atoms with van der Waals surface area (Å²) in [6.07, 6.45) is 5.97. The number of rotatable bonds is 3. The van der Waals surface area contributed by atoms with Gasteiger partial charge in [-0.1, -0.05) is 19.8 Å². The molecule has 0 amide bonds. The lowest BCUT2D eigenvalue weighted by atomic mass is 9.82. The second-order valence-electron chi connectivity index (χ2n) is 5.35. The molecule has 2 N–H and O–H groups in total. The molecule has 0 bridgehead atoms. The highest BCUT2D eigenvalue weighted by molar-refractivity contribution is 5.13. The second kappa shape index (κ2) is 5.58. The van der Waals surface area contributed by atoms with E-state index in [1.165, 1.54) is 25.7 Å². The Kier molecular flexibility index (Phi) is 4.11. The van der Waals surface area contributed by atoms with Crippen molar-refractivity contribution in [3.63, 3.8) is 0 Å². The van der Waals surface area contributed by atoms with Crippen molar-refractivity contribution in [3.05, 3.63) is 23.3 Å². The molecule has 94 valence electrons. The SMILES string of the molecule is Cc1cc(CCN)nc(C2CCC(C)CC2)n1. The van der Waals surface area contributed by atoms with Gasteiger partial charge in [-0.05, 0) is 38.3 Å². The van der Waals surface area contributed by atoms with Crippen LogP contribution < -0.4 is 5.73 Å². The molecule has 0 spiro atoms. The Morgan fingerprint density at radius 1 is 1.24 bits per heavy atom. The van der Waals surface area contributed by atoms with Crippen LogP contribution in [0.15, 0.2) is 6.07 Å². The molecule has 0 saturated heterocycles. The van der Waals surface area contributed by atoms with Crippen LogP contribution in [0.3, 0.4) is 0 Å². The van der Waals surface area contributed by atoms with Gasteiger partial charge in [-0.2, -0.15) is 0 Å². The van der Waals surface area contributed by atoms with Gasteiger partial charge in [0.25, 0.3) is 0 Å². The van der Waals surface area contributed by atoms with E-state index in [1.807, 2.05) is 0 Å². The van der Waals surface area contributed by atoms with Gasteiger partial charge in [-0.15, -0.1) is 0 Å². The standard InChI is InChI=1S/C14H23N3/c1-10-3-5-12(6-4-10)14-16-11(2)9-13(17-14)7-8-15/h9-10,12H,3-8,15H2,1-2H3. The molecule has 0 radical (unpaired) electrons. The molecule has 1 heterocycles. The Labute approximate surface area is 104 Å². The van der Waals surface area contributed by atoms with Gasteiger partial charge in [0.1, 0.15) is 5.82 Å². The fourth-order valence-electron chi connectivity index (χ4n) is 2.64. The van der Waals surface area contributed by atoms with Crippen molar-refractivity contribution in [3.8, 4) is 0 Å². The molecule has 17 heavy (non-hydrogen) atoms. The molecule has 1 aliphatic carbocycles. The summed E-state index contributed by atoms with van der Waals surface area (Å²) >= 11 is 0. The zero-order valence-electron chi connectivity index (χ0n) is 10.9. The van der Waals surface area contributed by atoms with Crippen molar-refractivity contribution in [1.29, 1.82) is 0 Å². The van der Waals surface area contributed by atoms with Crippen molar-refractivity contribution in [2.45, 2.75) is 51.9 Å². The minimum atomic E-state index is 0.572. The van der Waals surface area contributed by atoms with E-state index in [2.05, 4.69) is 29.9 Å². The normalized spacial score (nSPS) is 24.9. The van der Waals surface area contributed by atoms with Gasteiger partial charge in [0, 0.05) is 23.7 Å². The number of aryl methyl sites for hydroxylation is 1. The predicted molar refractivity (Wildman–Crippen MR) is 69.9 cm³/mol. The first-order valence-electron chi connectivity index (χ1n) is 6.73. The van der Waals surface area contributed by atoms with Crippen LogP contribution in [0.4, 0.5) is 0 Å². The molecule has 1 aromatic rings. The molecule has 2 rings (SSSR count). The average molecular weight is 233 g/mol. The largest absolute Gasteiger partial charge is 0.330 e. The van der Waals surface area contributed by atoms with Crippen LogP contribution in [0.5, 0.6) is 0 Å². The van der Waals surface area contributed by atoms with E-state index >= 15 is 0 Å². The number of hydrogen-bond donors (Lipinski definition) is 1. The van der Waals surface area contributed by atoms with Crippen LogP contribution in [0.25, 0.3) is 0 Å². The molecule has 3 nitrogen and oxygen atoms in total. The van der Waals surface area contributed by atoms with Crippen molar-refractivity contribution in [2.75, 3.05) is 6.54 Å². The van der Waals surface area contributed by atoms with Crippen molar-refractivity contribution < 1.29 is 0 Å². The van der Waals surface area contributed by atoms with Crippen LogP contribution in [-0.4, -0.2) is 16.5 Å². The lowest BCUT2D eigenvalue weighted by molar-refractivity contribution is 0.339. The number of nitrogens with zero attached hydrogens (tertiary/aromatic N) is 2. The van der Waals surface area contributed by atoms with Crippen molar-refractivity contribution in [2.24, 2.45) is 11.7 Å². The Morgan fingerprint density at radius 2 is 1.94 bits per heavy atom. The Bertz CT molecular complexity index is 368. The molecule has 1 fully saturated rings. The van der Waals surface area contributed by atoms with E-state index in [1.54, 1.807) is 0 Å². The summed E-state index contributed by atoms with van der Waals surface area (Å²) in [6, 6.07) is 2.06. The van der Waals surface area contributed by atoms with Crippen LogP contribution in [0.2, 0.25) is 0 Å². The van der Waals surface area contributed by atoms with E-state index in [4.69, 9.17) is 5.73 Å². The van der Waals surface area contributed by atoms with Gasteiger partial charge in [-0.25, -0.2) is 9.97 Å².